The summed E-state index contributed by atoms with van der Waals surface area (Å²) in [7, 11) is 0. The number of nitrogens with one attached hydrogen (secondary N) is 1. The van der Waals surface area contributed by atoms with Crippen LogP contribution >= 0.6 is 11.8 Å². The zero-order chi connectivity index (χ0) is 18.4. The molecule has 136 valence electrons. The van der Waals surface area contributed by atoms with Crippen molar-refractivity contribution >= 4 is 23.6 Å². The van der Waals surface area contributed by atoms with Gasteiger partial charge in [-0.3, -0.25) is 9.59 Å². The number of rotatable bonds is 7. The van der Waals surface area contributed by atoms with Gasteiger partial charge in [-0.05, 0) is 36.8 Å². The molecular weight excluding hydrogens is 344 g/mol. The van der Waals surface area contributed by atoms with Gasteiger partial charge in [-0.15, -0.1) is 11.8 Å². The summed E-state index contributed by atoms with van der Waals surface area (Å²) in [6.45, 7) is 1.34. The van der Waals surface area contributed by atoms with Crippen LogP contribution in [0.3, 0.4) is 0 Å². The zero-order valence-electron chi connectivity index (χ0n) is 15.0. The molecule has 1 fully saturated rings. The highest BCUT2D eigenvalue weighted by Gasteiger charge is 2.30. The van der Waals surface area contributed by atoms with E-state index < -0.39 is 0 Å². The van der Waals surface area contributed by atoms with Crippen molar-refractivity contribution in [3.8, 4) is 0 Å². The number of likely N-dealkylation sites (tertiary alicyclic amines) is 1. The van der Waals surface area contributed by atoms with Crippen LogP contribution in [-0.2, 0) is 11.2 Å². The Balaban J connectivity index is 1.50. The van der Waals surface area contributed by atoms with E-state index in [0.29, 0.717) is 18.5 Å². The molecule has 0 aliphatic carbocycles. The van der Waals surface area contributed by atoms with E-state index in [1.165, 1.54) is 5.56 Å². The van der Waals surface area contributed by atoms with Gasteiger partial charge in [0, 0.05) is 24.4 Å². The average molecular weight is 369 g/mol. The van der Waals surface area contributed by atoms with Crippen LogP contribution in [0.2, 0.25) is 0 Å². The van der Waals surface area contributed by atoms with Crippen molar-refractivity contribution in [2.45, 2.75) is 30.2 Å². The second-order valence-electron chi connectivity index (χ2n) is 6.50. The van der Waals surface area contributed by atoms with E-state index in [1.807, 2.05) is 53.6 Å². The van der Waals surface area contributed by atoms with Gasteiger partial charge in [0.2, 0.25) is 5.91 Å². The van der Waals surface area contributed by atoms with Crippen molar-refractivity contribution in [1.29, 1.82) is 0 Å². The molecule has 0 bridgehead atoms. The van der Waals surface area contributed by atoms with Crippen molar-refractivity contribution in [1.82, 2.24) is 10.2 Å². The highest BCUT2D eigenvalue weighted by atomic mass is 32.2. The molecule has 0 saturated carbocycles. The van der Waals surface area contributed by atoms with Crippen LogP contribution in [0, 0.1) is 0 Å². The summed E-state index contributed by atoms with van der Waals surface area (Å²) >= 11 is 1.55. The zero-order valence-corrected chi connectivity index (χ0v) is 15.8. The molecule has 1 saturated heterocycles. The minimum absolute atomic E-state index is 0.0983. The van der Waals surface area contributed by atoms with Crippen LogP contribution in [-0.4, -0.2) is 42.1 Å². The predicted molar refractivity (Wildman–Crippen MR) is 105 cm³/mol. The van der Waals surface area contributed by atoms with E-state index >= 15 is 0 Å². The van der Waals surface area contributed by atoms with Crippen LogP contribution in [0.5, 0.6) is 0 Å². The molecule has 2 aromatic carbocycles. The SMILES string of the molecule is CSc1ccccc1C(=O)N[C@@H]1CC(=O)N(CCCc2ccccc2)C1. The normalized spacial score (nSPS) is 16.7. The smallest absolute Gasteiger partial charge is 0.252 e. The Hall–Kier alpha value is -2.27. The predicted octanol–water partition coefficient (Wildman–Crippen LogP) is 3.37. The molecule has 1 heterocycles. The molecule has 26 heavy (non-hydrogen) atoms. The minimum atomic E-state index is -0.110. The fourth-order valence-corrected chi connectivity index (χ4v) is 3.89. The van der Waals surface area contributed by atoms with E-state index in [4.69, 9.17) is 0 Å². The molecule has 3 rings (SSSR count). The van der Waals surface area contributed by atoms with Gasteiger partial charge in [0.05, 0.1) is 11.6 Å². The summed E-state index contributed by atoms with van der Waals surface area (Å²) in [6.07, 6.45) is 4.24. The van der Waals surface area contributed by atoms with Crippen LogP contribution < -0.4 is 5.32 Å². The molecule has 0 unspecified atom stereocenters. The Labute approximate surface area is 159 Å². The molecule has 4 nitrogen and oxygen atoms in total. The lowest BCUT2D eigenvalue weighted by Gasteiger charge is -2.17. The van der Waals surface area contributed by atoms with E-state index in [-0.39, 0.29) is 17.9 Å². The third kappa shape index (κ3) is 4.67. The number of carbonyl (C=O) groups is 2. The maximum absolute atomic E-state index is 12.5. The fraction of sp³-hybridized carbons (Fsp3) is 0.333. The standard InChI is InChI=1S/C21H24N2O2S/c1-26-19-12-6-5-11-18(19)21(25)22-17-14-20(24)23(15-17)13-7-10-16-8-3-2-4-9-16/h2-6,8-9,11-12,17H,7,10,13-15H2,1H3,(H,22,25)/t17-/m1/s1. The van der Waals surface area contributed by atoms with Gasteiger partial charge in [0.15, 0.2) is 0 Å². The van der Waals surface area contributed by atoms with Gasteiger partial charge in [0.25, 0.3) is 5.91 Å². The summed E-state index contributed by atoms with van der Waals surface area (Å²) in [6, 6.07) is 17.8. The summed E-state index contributed by atoms with van der Waals surface area (Å²) in [5.41, 5.74) is 1.97. The topological polar surface area (TPSA) is 49.4 Å². The van der Waals surface area contributed by atoms with Crippen molar-refractivity contribution in [2.75, 3.05) is 19.3 Å². The van der Waals surface area contributed by atoms with E-state index in [1.54, 1.807) is 11.8 Å². The van der Waals surface area contributed by atoms with Crippen molar-refractivity contribution in [3.63, 3.8) is 0 Å². The average Bonchev–Trinajstić information content (AvgIpc) is 3.01. The maximum atomic E-state index is 12.5. The first-order valence-electron chi connectivity index (χ1n) is 8.93. The third-order valence-corrected chi connectivity index (χ3v) is 5.43. The third-order valence-electron chi connectivity index (χ3n) is 4.64. The number of amides is 2. The molecule has 2 amide bonds. The maximum Gasteiger partial charge on any atom is 0.252 e. The molecule has 1 aliphatic heterocycles. The molecule has 5 heteroatoms. The Kier molecular flexibility index (Phi) is 6.34. The lowest BCUT2D eigenvalue weighted by Crippen LogP contribution is -2.37. The molecule has 1 aliphatic rings. The molecular formula is C21H24N2O2S. The van der Waals surface area contributed by atoms with Gasteiger partial charge in [-0.2, -0.15) is 0 Å². The first-order chi connectivity index (χ1) is 12.7. The lowest BCUT2D eigenvalue weighted by atomic mass is 10.1. The Bertz CT molecular complexity index is 764. The highest BCUT2D eigenvalue weighted by molar-refractivity contribution is 7.98. The van der Waals surface area contributed by atoms with Crippen molar-refractivity contribution < 1.29 is 9.59 Å². The van der Waals surface area contributed by atoms with Crippen LogP contribution in [0.25, 0.3) is 0 Å². The summed E-state index contributed by atoms with van der Waals surface area (Å²) < 4.78 is 0. The molecule has 0 spiro atoms. The lowest BCUT2D eigenvalue weighted by molar-refractivity contribution is -0.127. The van der Waals surface area contributed by atoms with E-state index in [2.05, 4.69) is 17.4 Å². The fourth-order valence-electron chi connectivity index (χ4n) is 3.30. The minimum Gasteiger partial charge on any atom is -0.347 e. The molecule has 1 N–H and O–H groups in total. The van der Waals surface area contributed by atoms with Gasteiger partial charge >= 0.3 is 0 Å². The monoisotopic (exact) mass is 368 g/mol. The first-order valence-corrected chi connectivity index (χ1v) is 10.2. The number of hydrogen-bond acceptors (Lipinski definition) is 3. The Morgan fingerprint density at radius 2 is 1.88 bits per heavy atom. The Morgan fingerprint density at radius 3 is 2.65 bits per heavy atom. The number of benzene rings is 2. The molecule has 0 aromatic heterocycles. The van der Waals surface area contributed by atoms with Gasteiger partial charge < -0.3 is 10.2 Å². The van der Waals surface area contributed by atoms with Gasteiger partial charge in [-0.25, -0.2) is 0 Å². The Morgan fingerprint density at radius 1 is 1.15 bits per heavy atom. The van der Waals surface area contributed by atoms with Crippen LogP contribution in [0.15, 0.2) is 59.5 Å². The highest BCUT2D eigenvalue weighted by Crippen LogP contribution is 2.20. The van der Waals surface area contributed by atoms with E-state index in [0.717, 1.165) is 24.3 Å². The quantitative estimate of drug-likeness (QED) is 0.763. The number of nitrogens with zero attached hydrogens (tertiary/aromatic N) is 1. The number of hydrogen-bond donors (Lipinski definition) is 1. The van der Waals surface area contributed by atoms with Crippen molar-refractivity contribution in [2.24, 2.45) is 0 Å². The van der Waals surface area contributed by atoms with Crippen molar-refractivity contribution in [3.05, 3.63) is 65.7 Å². The van der Waals surface area contributed by atoms with Crippen LogP contribution in [0.1, 0.15) is 28.8 Å². The molecule has 0 radical (unpaired) electrons. The summed E-state index contributed by atoms with van der Waals surface area (Å²) in [4.78, 5) is 27.6. The summed E-state index contributed by atoms with van der Waals surface area (Å²) in [5.74, 6) is 0.0281. The summed E-state index contributed by atoms with van der Waals surface area (Å²) in [5, 5.41) is 3.02. The van der Waals surface area contributed by atoms with Crippen LogP contribution in [0.4, 0.5) is 0 Å². The van der Waals surface area contributed by atoms with E-state index in [9.17, 15) is 9.59 Å². The first kappa shape index (κ1) is 18.5. The molecule has 1 atom stereocenters. The second-order valence-corrected chi connectivity index (χ2v) is 7.35. The number of aryl methyl sites for hydroxylation is 1. The van der Waals surface area contributed by atoms with Gasteiger partial charge in [-0.1, -0.05) is 42.5 Å². The largest absolute Gasteiger partial charge is 0.347 e. The second kappa shape index (κ2) is 8.90. The van der Waals surface area contributed by atoms with Gasteiger partial charge in [0.1, 0.15) is 0 Å². The number of thioether (sulfide) groups is 1. The number of carbonyl (C=O) groups excluding carboxylic acids is 2. The molecule has 2 aromatic rings.